The number of rotatable bonds is 9. The monoisotopic (exact) mass is 355 g/mol. The van der Waals surface area contributed by atoms with Crippen molar-refractivity contribution < 1.29 is 9.47 Å². The molecular weight excluding hydrogens is 326 g/mol. The molecule has 0 fully saturated rings. The Hall–Kier alpha value is -2.53. The predicted molar refractivity (Wildman–Crippen MR) is 107 cm³/mol. The number of aliphatic imine (C=N–C) groups is 1. The summed E-state index contributed by atoms with van der Waals surface area (Å²) in [6.45, 7) is 4.24. The van der Waals surface area contributed by atoms with Gasteiger partial charge in [-0.25, -0.2) is 0 Å². The first kappa shape index (κ1) is 19.8. The van der Waals surface area contributed by atoms with Gasteiger partial charge in [-0.3, -0.25) is 4.99 Å². The average Bonchev–Trinajstić information content (AvgIpc) is 2.70. The van der Waals surface area contributed by atoms with E-state index in [0.29, 0.717) is 13.2 Å². The maximum Gasteiger partial charge on any atom is 0.191 e. The molecule has 140 valence electrons. The molecule has 0 saturated carbocycles. The highest BCUT2D eigenvalue weighted by Crippen LogP contribution is 2.17. The third kappa shape index (κ3) is 6.41. The van der Waals surface area contributed by atoms with E-state index < -0.39 is 0 Å². The fraction of sp³-hybridized carbons (Fsp3) is 0.381. The van der Waals surface area contributed by atoms with Crippen molar-refractivity contribution in [2.75, 3.05) is 27.3 Å². The fourth-order valence-corrected chi connectivity index (χ4v) is 2.61. The minimum atomic E-state index is 0.110. The number of hydrogen-bond donors (Lipinski definition) is 2. The van der Waals surface area contributed by atoms with Crippen LogP contribution in [0, 0.1) is 0 Å². The number of para-hydroxylation sites is 1. The number of nitrogens with zero attached hydrogens (tertiary/aromatic N) is 1. The summed E-state index contributed by atoms with van der Waals surface area (Å²) in [5.41, 5.74) is 2.30. The van der Waals surface area contributed by atoms with E-state index in [1.807, 2.05) is 42.5 Å². The second-order valence-electron chi connectivity index (χ2n) is 5.94. The molecule has 2 N–H and O–H groups in total. The van der Waals surface area contributed by atoms with Crippen LogP contribution in [-0.2, 0) is 11.3 Å². The van der Waals surface area contributed by atoms with E-state index in [4.69, 9.17) is 9.47 Å². The van der Waals surface area contributed by atoms with Gasteiger partial charge in [0, 0.05) is 32.3 Å². The quantitative estimate of drug-likeness (QED) is 0.410. The Balaban J connectivity index is 1.66. The Morgan fingerprint density at radius 1 is 1.04 bits per heavy atom. The van der Waals surface area contributed by atoms with E-state index >= 15 is 0 Å². The van der Waals surface area contributed by atoms with Gasteiger partial charge in [0.15, 0.2) is 5.96 Å². The van der Waals surface area contributed by atoms with Gasteiger partial charge in [-0.05, 0) is 25.0 Å². The number of ether oxygens (including phenoxy) is 2. The topological polar surface area (TPSA) is 54.9 Å². The number of guanidine groups is 1. The van der Waals surface area contributed by atoms with Crippen LogP contribution >= 0.6 is 0 Å². The summed E-state index contributed by atoms with van der Waals surface area (Å²) in [5.74, 6) is 1.64. The Bertz CT molecular complexity index is 674. The Morgan fingerprint density at radius 2 is 1.77 bits per heavy atom. The van der Waals surface area contributed by atoms with E-state index in [0.717, 1.165) is 30.2 Å². The van der Waals surface area contributed by atoms with Crippen LogP contribution in [0.15, 0.2) is 59.6 Å². The van der Waals surface area contributed by atoms with Crippen molar-refractivity contribution in [1.82, 2.24) is 10.6 Å². The van der Waals surface area contributed by atoms with Crippen LogP contribution in [0.5, 0.6) is 5.75 Å². The molecule has 0 saturated heterocycles. The molecule has 0 spiro atoms. The number of benzene rings is 2. The highest BCUT2D eigenvalue weighted by atomic mass is 16.5. The molecule has 2 rings (SSSR count). The van der Waals surface area contributed by atoms with Gasteiger partial charge in [0.05, 0.1) is 13.2 Å². The molecular formula is C21H29N3O2. The van der Waals surface area contributed by atoms with Crippen LogP contribution in [0.2, 0.25) is 0 Å². The zero-order chi connectivity index (χ0) is 18.6. The molecule has 0 amide bonds. The van der Waals surface area contributed by atoms with Crippen LogP contribution in [0.4, 0.5) is 0 Å². The molecule has 0 aliphatic heterocycles. The first-order valence-electron chi connectivity index (χ1n) is 8.97. The molecule has 0 radical (unpaired) electrons. The van der Waals surface area contributed by atoms with Crippen molar-refractivity contribution in [1.29, 1.82) is 0 Å². The first-order valence-corrected chi connectivity index (χ1v) is 8.97. The molecule has 5 nitrogen and oxygen atoms in total. The Morgan fingerprint density at radius 3 is 2.50 bits per heavy atom. The SMILES string of the molecule is CN=C(NCCCOC(C)c1ccccc1)NCc1ccccc1OC. The molecule has 2 aromatic carbocycles. The lowest BCUT2D eigenvalue weighted by Gasteiger charge is -2.15. The number of hydrogen-bond acceptors (Lipinski definition) is 3. The lowest BCUT2D eigenvalue weighted by atomic mass is 10.1. The van der Waals surface area contributed by atoms with Crippen molar-refractivity contribution in [3.05, 3.63) is 65.7 Å². The summed E-state index contributed by atoms with van der Waals surface area (Å²) in [5, 5.41) is 6.61. The summed E-state index contributed by atoms with van der Waals surface area (Å²) in [6.07, 6.45) is 1.02. The second-order valence-corrected chi connectivity index (χ2v) is 5.94. The van der Waals surface area contributed by atoms with Gasteiger partial charge in [0.25, 0.3) is 0 Å². The summed E-state index contributed by atoms with van der Waals surface area (Å²) in [6, 6.07) is 18.2. The van der Waals surface area contributed by atoms with Crippen LogP contribution in [0.3, 0.4) is 0 Å². The van der Waals surface area contributed by atoms with Gasteiger partial charge in [-0.1, -0.05) is 48.5 Å². The molecule has 0 aliphatic carbocycles. The van der Waals surface area contributed by atoms with Crippen molar-refractivity contribution in [2.45, 2.75) is 26.0 Å². The van der Waals surface area contributed by atoms with Gasteiger partial charge in [0.2, 0.25) is 0 Å². The van der Waals surface area contributed by atoms with Gasteiger partial charge in [0.1, 0.15) is 5.75 Å². The van der Waals surface area contributed by atoms with Crippen molar-refractivity contribution >= 4 is 5.96 Å². The van der Waals surface area contributed by atoms with E-state index in [9.17, 15) is 0 Å². The average molecular weight is 355 g/mol. The van der Waals surface area contributed by atoms with Crippen molar-refractivity contribution in [3.8, 4) is 5.75 Å². The Kier molecular flexibility index (Phi) is 8.49. The van der Waals surface area contributed by atoms with E-state index in [1.165, 1.54) is 5.56 Å². The summed E-state index contributed by atoms with van der Waals surface area (Å²) in [7, 11) is 3.45. The maximum atomic E-state index is 5.89. The van der Waals surface area contributed by atoms with E-state index in [1.54, 1.807) is 14.2 Å². The molecule has 0 bridgehead atoms. The van der Waals surface area contributed by atoms with Gasteiger partial charge in [-0.2, -0.15) is 0 Å². The van der Waals surface area contributed by atoms with Crippen LogP contribution in [0.1, 0.15) is 30.6 Å². The van der Waals surface area contributed by atoms with Crippen molar-refractivity contribution in [3.63, 3.8) is 0 Å². The maximum absolute atomic E-state index is 5.89. The normalized spacial score (nSPS) is 12.5. The van der Waals surface area contributed by atoms with Crippen LogP contribution in [-0.4, -0.2) is 33.3 Å². The van der Waals surface area contributed by atoms with Gasteiger partial charge in [-0.15, -0.1) is 0 Å². The molecule has 0 aliphatic rings. The zero-order valence-electron chi connectivity index (χ0n) is 15.9. The fourth-order valence-electron chi connectivity index (χ4n) is 2.61. The second kappa shape index (κ2) is 11.2. The highest BCUT2D eigenvalue weighted by molar-refractivity contribution is 5.79. The largest absolute Gasteiger partial charge is 0.496 e. The number of nitrogens with one attached hydrogen (secondary N) is 2. The minimum Gasteiger partial charge on any atom is -0.496 e. The van der Waals surface area contributed by atoms with Gasteiger partial charge >= 0.3 is 0 Å². The molecule has 1 unspecified atom stereocenters. The zero-order valence-corrected chi connectivity index (χ0v) is 15.9. The molecule has 5 heteroatoms. The van der Waals surface area contributed by atoms with Crippen LogP contribution in [0.25, 0.3) is 0 Å². The lowest BCUT2D eigenvalue weighted by Crippen LogP contribution is -2.37. The third-order valence-electron chi connectivity index (χ3n) is 4.11. The first-order chi connectivity index (χ1) is 12.7. The van der Waals surface area contributed by atoms with Crippen molar-refractivity contribution in [2.24, 2.45) is 4.99 Å². The molecule has 26 heavy (non-hydrogen) atoms. The Labute approximate surface area is 156 Å². The standard InChI is InChI=1S/C21H29N3O2/c1-17(18-10-5-4-6-11-18)26-15-9-14-23-21(22-2)24-16-19-12-7-8-13-20(19)25-3/h4-8,10-13,17H,9,14-16H2,1-3H3,(H2,22,23,24). The highest BCUT2D eigenvalue weighted by Gasteiger charge is 2.05. The van der Waals surface area contributed by atoms with Gasteiger partial charge < -0.3 is 20.1 Å². The number of methoxy groups -OCH3 is 1. The smallest absolute Gasteiger partial charge is 0.191 e. The molecule has 0 aromatic heterocycles. The minimum absolute atomic E-state index is 0.110. The van der Waals surface area contributed by atoms with Crippen LogP contribution < -0.4 is 15.4 Å². The van der Waals surface area contributed by atoms with E-state index in [2.05, 4.69) is 34.7 Å². The lowest BCUT2D eigenvalue weighted by molar-refractivity contribution is 0.0646. The van der Waals surface area contributed by atoms with E-state index in [-0.39, 0.29) is 6.10 Å². The molecule has 0 heterocycles. The summed E-state index contributed by atoms with van der Waals surface area (Å²) < 4.78 is 11.3. The molecule has 1 atom stereocenters. The third-order valence-corrected chi connectivity index (χ3v) is 4.11. The molecule has 2 aromatic rings. The predicted octanol–water partition coefficient (Wildman–Crippen LogP) is 3.53. The summed E-state index contributed by atoms with van der Waals surface area (Å²) >= 11 is 0. The summed E-state index contributed by atoms with van der Waals surface area (Å²) in [4.78, 5) is 4.25.